The lowest BCUT2D eigenvalue weighted by atomic mass is 9.77. The van der Waals surface area contributed by atoms with Gasteiger partial charge in [-0.15, -0.1) is 5.92 Å². The summed E-state index contributed by atoms with van der Waals surface area (Å²) >= 11 is 0. The van der Waals surface area contributed by atoms with E-state index in [1.165, 1.54) is 0 Å². The molecular weight excluding hydrogens is 575 g/mol. The molecule has 0 N–H and O–H groups in total. The smallest absolute Gasteiger partial charge is 0.571 e. The summed E-state index contributed by atoms with van der Waals surface area (Å²) in [6, 6.07) is 52.0. The monoisotopic (exact) mass is 607 g/mol. The first kappa shape index (κ1) is 28.7. The van der Waals surface area contributed by atoms with Gasteiger partial charge >= 0.3 is 6.75 Å². The van der Waals surface area contributed by atoms with Crippen molar-refractivity contribution < 1.29 is 14.0 Å². The van der Waals surface area contributed by atoms with E-state index in [4.69, 9.17) is 14.0 Å². The molecule has 1 aliphatic heterocycles. The van der Waals surface area contributed by atoms with Crippen LogP contribution in [0.3, 0.4) is 0 Å². The summed E-state index contributed by atoms with van der Waals surface area (Å²) in [7, 11) is 0. The molecular formula is C43H32BO3-. The number of rotatable bonds is 4. The van der Waals surface area contributed by atoms with Crippen LogP contribution in [0.1, 0.15) is 19.4 Å². The average molecular weight is 608 g/mol. The Morgan fingerprint density at radius 2 is 0.957 bits per heavy atom. The highest BCUT2D eigenvalue weighted by atomic mass is 16.8. The molecule has 47 heavy (non-hydrogen) atoms. The zero-order valence-corrected chi connectivity index (χ0v) is 26.3. The summed E-state index contributed by atoms with van der Waals surface area (Å²) in [6.07, 6.45) is -0.244. The van der Waals surface area contributed by atoms with Crippen LogP contribution in [0.5, 0.6) is 11.5 Å². The van der Waals surface area contributed by atoms with Crippen LogP contribution in [0.4, 0.5) is 0 Å². The number of hydrogen-bond acceptors (Lipinski definition) is 3. The van der Waals surface area contributed by atoms with Gasteiger partial charge in [-0.2, -0.15) is 5.82 Å². The second-order valence-corrected chi connectivity index (χ2v) is 12.1. The summed E-state index contributed by atoms with van der Waals surface area (Å²) < 4.78 is 21.2. The minimum Gasteiger partial charge on any atom is -0.648 e. The van der Waals surface area contributed by atoms with Crippen LogP contribution < -0.4 is 9.31 Å². The Hall–Kier alpha value is -5.76. The van der Waals surface area contributed by atoms with Crippen LogP contribution >= 0.6 is 0 Å². The standard InChI is InChI=1S/C43H32BO3/c1-30(2)45-44(27-26-31-16-6-3-7-17-31)46-42-38(32-18-8-4-9-19-32)28-34-22-12-14-24-36(34)40(42)41-37-25-15-13-23-35(37)29-39(43(41)47-44)33-20-10-5-11-21-33/h3-25,28-30H,1-2H3/q-1. The van der Waals surface area contributed by atoms with Crippen molar-refractivity contribution in [3.05, 3.63) is 157 Å². The van der Waals surface area contributed by atoms with Gasteiger partial charge in [-0.05, 0) is 70.8 Å². The van der Waals surface area contributed by atoms with Gasteiger partial charge in [-0.3, -0.25) is 0 Å². The van der Waals surface area contributed by atoms with Crippen LogP contribution in [0.2, 0.25) is 0 Å². The van der Waals surface area contributed by atoms with Gasteiger partial charge in [0.05, 0.1) is 11.5 Å². The Kier molecular flexibility index (Phi) is 7.25. The molecule has 0 saturated carbocycles. The Morgan fingerprint density at radius 3 is 1.43 bits per heavy atom. The van der Waals surface area contributed by atoms with Crippen molar-refractivity contribution in [1.29, 1.82) is 0 Å². The van der Waals surface area contributed by atoms with Crippen molar-refractivity contribution in [3.63, 3.8) is 0 Å². The molecule has 0 saturated heterocycles. The van der Waals surface area contributed by atoms with Crippen molar-refractivity contribution in [2.24, 2.45) is 0 Å². The van der Waals surface area contributed by atoms with Crippen molar-refractivity contribution in [1.82, 2.24) is 0 Å². The van der Waals surface area contributed by atoms with E-state index >= 15 is 0 Å². The van der Waals surface area contributed by atoms with Gasteiger partial charge in [0.25, 0.3) is 0 Å². The third-order valence-electron chi connectivity index (χ3n) is 8.59. The largest absolute Gasteiger partial charge is 0.648 e. The molecule has 0 bridgehead atoms. The van der Waals surface area contributed by atoms with E-state index in [1.54, 1.807) is 0 Å². The molecule has 0 unspecified atom stereocenters. The molecule has 0 spiro atoms. The zero-order chi connectivity index (χ0) is 31.8. The van der Waals surface area contributed by atoms with E-state index in [1.807, 2.05) is 56.3 Å². The first-order valence-corrected chi connectivity index (χ1v) is 16.1. The maximum absolute atomic E-state index is 7.24. The second kappa shape index (κ2) is 11.9. The van der Waals surface area contributed by atoms with Gasteiger partial charge in [-0.1, -0.05) is 127 Å². The zero-order valence-electron chi connectivity index (χ0n) is 26.3. The lowest BCUT2D eigenvalue weighted by Gasteiger charge is -2.40. The molecule has 0 aliphatic carbocycles. The number of benzene rings is 7. The van der Waals surface area contributed by atoms with E-state index < -0.39 is 6.75 Å². The molecule has 7 aromatic rings. The molecule has 7 aromatic carbocycles. The van der Waals surface area contributed by atoms with Crippen LogP contribution in [0, 0.1) is 11.7 Å². The van der Waals surface area contributed by atoms with Crippen LogP contribution in [-0.4, -0.2) is 12.9 Å². The Balaban J connectivity index is 1.56. The lowest BCUT2D eigenvalue weighted by Crippen LogP contribution is -2.52. The SMILES string of the molecule is CC(C)O[B-]1(C#Cc2ccccc2)Oc2c(-c3ccccc3)cc3ccccc3c2-c2c(c(-c3ccccc3)cc3ccccc23)O1. The number of hydrogen-bond donors (Lipinski definition) is 0. The summed E-state index contributed by atoms with van der Waals surface area (Å²) in [5.74, 6) is 8.12. The maximum Gasteiger partial charge on any atom is 0.571 e. The van der Waals surface area contributed by atoms with Crippen molar-refractivity contribution in [3.8, 4) is 56.6 Å². The van der Waals surface area contributed by atoms with Gasteiger partial charge in [-0.25, -0.2) is 0 Å². The van der Waals surface area contributed by atoms with Gasteiger partial charge in [0.2, 0.25) is 0 Å². The van der Waals surface area contributed by atoms with Crippen molar-refractivity contribution >= 4 is 28.3 Å². The van der Waals surface area contributed by atoms with Gasteiger partial charge in [0, 0.05) is 33.9 Å². The Labute approximate surface area is 275 Å². The maximum atomic E-state index is 7.24. The van der Waals surface area contributed by atoms with E-state index in [0.29, 0.717) is 11.5 Å². The summed E-state index contributed by atoms with van der Waals surface area (Å²) in [5.41, 5.74) is 6.74. The fourth-order valence-corrected chi connectivity index (χ4v) is 6.60. The minimum atomic E-state index is -2.71. The molecule has 3 nitrogen and oxygen atoms in total. The number of fused-ring (bicyclic) bond motifs is 7. The third-order valence-corrected chi connectivity index (χ3v) is 8.59. The fraction of sp³-hybridized carbons (Fsp3) is 0.0698. The molecule has 226 valence electrons. The first-order valence-electron chi connectivity index (χ1n) is 16.1. The first-order chi connectivity index (χ1) is 23.1. The van der Waals surface area contributed by atoms with Crippen LogP contribution in [-0.2, 0) is 4.65 Å². The molecule has 0 atom stereocenters. The predicted molar refractivity (Wildman–Crippen MR) is 194 cm³/mol. The van der Waals surface area contributed by atoms with E-state index in [2.05, 4.69) is 121 Å². The van der Waals surface area contributed by atoms with E-state index in [0.717, 1.165) is 60.5 Å². The molecule has 4 heteroatoms. The van der Waals surface area contributed by atoms with Gasteiger partial charge < -0.3 is 14.0 Å². The normalized spacial score (nSPS) is 13.1. The molecule has 0 radical (unpaired) electrons. The molecule has 1 aliphatic rings. The summed E-state index contributed by atoms with van der Waals surface area (Å²) in [4.78, 5) is 0. The Bertz CT molecular complexity index is 2170. The Morgan fingerprint density at radius 1 is 0.532 bits per heavy atom. The predicted octanol–water partition coefficient (Wildman–Crippen LogP) is 10.7. The highest BCUT2D eigenvalue weighted by Gasteiger charge is 2.40. The molecule has 1 heterocycles. The highest BCUT2D eigenvalue weighted by molar-refractivity contribution is 6.71. The molecule has 0 amide bonds. The lowest BCUT2D eigenvalue weighted by molar-refractivity contribution is 0.139. The fourth-order valence-electron chi connectivity index (χ4n) is 6.60. The summed E-state index contributed by atoms with van der Waals surface area (Å²) in [5, 5.41) is 4.34. The summed E-state index contributed by atoms with van der Waals surface area (Å²) in [6.45, 7) is 1.27. The topological polar surface area (TPSA) is 27.7 Å². The minimum absolute atomic E-state index is 0.244. The second-order valence-electron chi connectivity index (χ2n) is 12.1. The van der Waals surface area contributed by atoms with Gasteiger partial charge in [0.1, 0.15) is 0 Å². The quantitative estimate of drug-likeness (QED) is 0.147. The van der Waals surface area contributed by atoms with Crippen molar-refractivity contribution in [2.45, 2.75) is 20.0 Å². The average Bonchev–Trinajstić information content (AvgIpc) is 3.26. The van der Waals surface area contributed by atoms with E-state index in [9.17, 15) is 0 Å². The molecule has 8 rings (SSSR count). The van der Waals surface area contributed by atoms with Crippen molar-refractivity contribution in [2.75, 3.05) is 0 Å². The van der Waals surface area contributed by atoms with Crippen LogP contribution in [0.25, 0.3) is 54.9 Å². The highest BCUT2D eigenvalue weighted by Crippen LogP contribution is 2.55. The molecule has 0 fully saturated rings. The van der Waals surface area contributed by atoms with Crippen LogP contribution in [0.15, 0.2) is 152 Å². The third kappa shape index (κ3) is 5.31. The molecule has 0 aromatic heterocycles. The van der Waals surface area contributed by atoms with Gasteiger partial charge in [0.15, 0.2) is 0 Å². The van der Waals surface area contributed by atoms with E-state index in [-0.39, 0.29) is 6.10 Å².